The second-order valence-electron chi connectivity index (χ2n) is 3.52. The SMILES string of the molecule is CC(C)CC(CO)NC(=O)CCBr. The Morgan fingerprint density at radius 2 is 2.15 bits per heavy atom. The summed E-state index contributed by atoms with van der Waals surface area (Å²) >= 11 is 3.19. The topological polar surface area (TPSA) is 49.3 Å². The lowest BCUT2D eigenvalue weighted by molar-refractivity contribution is -0.121. The fraction of sp³-hybridized carbons (Fsp3) is 0.889. The molecular weight excluding hydrogens is 234 g/mol. The highest BCUT2D eigenvalue weighted by Crippen LogP contribution is 2.04. The Labute approximate surface area is 88.0 Å². The first-order valence-electron chi connectivity index (χ1n) is 4.56. The van der Waals surface area contributed by atoms with Crippen LogP contribution in [0.25, 0.3) is 0 Å². The van der Waals surface area contributed by atoms with E-state index in [1.807, 2.05) is 0 Å². The maximum atomic E-state index is 11.1. The maximum Gasteiger partial charge on any atom is 0.221 e. The molecule has 1 atom stereocenters. The fourth-order valence-electron chi connectivity index (χ4n) is 1.13. The van der Waals surface area contributed by atoms with Crippen LogP contribution < -0.4 is 5.32 Å². The van der Waals surface area contributed by atoms with Crippen molar-refractivity contribution in [3.63, 3.8) is 0 Å². The van der Waals surface area contributed by atoms with Crippen molar-refractivity contribution in [2.75, 3.05) is 11.9 Å². The molecule has 3 nitrogen and oxygen atoms in total. The van der Waals surface area contributed by atoms with Gasteiger partial charge in [-0.3, -0.25) is 4.79 Å². The van der Waals surface area contributed by atoms with Gasteiger partial charge in [0.2, 0.25) is 5.91 Å². The Balaban J connectivity index is 3.76. The van der Waals surface area contributed by atoms with Gasteiger partial charge in [-0.05, 0) is 12.3 Å². The number of hydrogen-bond acceptors (Lipinski definition) is 2. The zero-order chi connectivity index (χ0) is 10.3. The number of halogens is 1. The van der Waals surface area contributed by atoms with E-state index in [-0.39, 0.29) is 18.6 Å². The summed E-state index contributed by atoms with van der Waals surface area (Å²) in [5, 5.41) is 12.4. The molecule has 0 aromatic heterocycles. The normalized spacial score (nSPS) is 13.0. The minimum absolute atomic E-state index is 0.00317. The first-order valence-corrected chi connectivity index (χ1v) is 5.68. The number of carbonyl (C=O) groups excluding carboxylic acids is 1. The highest BCUT2D eigenvalue weighted by atomic mass is 79.9. The molecule has 0 fully saturated rings. The first kappa shape index (κ1) is 12.9. The van der Waals surface area contributed by atoms with E-state index in [0.717, 1.165) is 6.42 Å². The van der Waals surface area contributed by atoms with Crippen LogP contribution in [0, 0.1) is 5.92 Å². The average Bonchev–Trinajstić information content (AvgIpc) is 2.02. The predicted molar refractivity (Wildman–Crippen MR) is 56.9 cm³/mol. The van der Waals surface area contributed by atoms with Gasteiger partial charge in [0.05, 0.1) is 12.6 Å². The predicted octanol–water partition coefficient (Wildman–Crippen LogP) is 1.29. The van der Waals surface area contributed by atoms with E-state index in [1.54, 1.807) is 0 Å². The molecule has 0 aliphatic carbocycles. The van der Waals surface area contributed by atoms with Crippen LogP contribution in [0.5, 0.6) is 0 Å². The maximum absolute atomic E-state index is 11.1. The molecule has 0 radical (unpaired) electrons. The van der Waals surface area contributed by atoms with Crippen molar-refractivity contribution in [1.29, 1.82) is 0 Å². The second kappa shape index (κ2) is 7.33. The number of hydrogen-bond donors (Lipinski definition) is 2. The van der Waals surface area contributed by atoms with Crippen LogP contribution in [-0.4, -0.2) is 29.0 Å². The number of aliphatic hydroxyl groups excluding tert-OH is 1. The third kappa shape index (κ3) is 7.02. The molecule has 0 rings (SSSR count). The molecule has 0 heterocycles. The van der Waals surface area contributed by atoms with Crippen LogP contribution in [0.4, 0.5) is 0 Å². The standard InChI is InChI=1S/C9H18BrNO2/c1-7(2)5-8(6-12)11-9(13)3-4-10/h7-8,12H,3-6H2,1-2H3,(H,11,13). The van der Waals surface area contributed by atoms with Gasteiger partial charge in [-0.25, -0.2) is 0 Å². The molecule has 0 aromatic carbocycles. The van der Waals surface area contributed by atoms with Gasteiger partial charge in [0.1, 0.15) is 0 Å². The zero-order valence-electron chi connectivity index (χ0n) is 8.22. The lowest BCUT2D eigenvalue weighted by atomic mass is 10.0. The number of rotatable bonds is 6. The van der Waals surface area contributed by atoms with Crippen molar-refractivity contribution in [3.8, 4) is 0 Å². The van der Waals surface area contributed by atoms with Crippen molar-refractivity contribution in [3.05, 3.63) is 0 Å². The van der Waals surface area contributed by atoms with Crippen molar-refractivity contribution in [1.82, 2.24) is 5.32 Å². The molecule has 0 saturated heterocycles. The zero-order valence-corrected chi connectivity index (χ0v) is 9.80. The van der Waals surface area contributed by atoms with Crippen LogP contribution in [0.3, 0.4) is 0 Å². The fourth-order valence-corrected chi connectivity index (χ4v) is 1.49. The summed E-state index contributed by atoms with van der Waals surface area (Å²) < 4.78 is 0. The number of nitrogens with one attached hydrogen (secondary N) is 1. The summed E-state index contributed by atoms with van der Waals surface area (Å²) in [6.45, 7) is 4.16. The highest BCUT2D eigenvalue weighted by Gasteiger charge is 2.11. The third-order valence-corrected chi connectivity index (χ3v) is 2.06. The first-order chi connectivity index (χ1) is 6.10. The molecule has 0 saturated carbocycles. The molecule has 4 heteroatoms. The monoisotopic (exact) mass is 251 g/mol. The van der Waals surface area contributed by atoms with Gasteiger partial charge in [0.25, 0.3) is 0 Å². The van der Waals surface area contributed by atoms with Crippen LogP contribution in [-0.2, 0) is 4.79 Å². The summed E-state index contributed by atoms with van der Waals surface area (Å²) in [4.78, 5) is 11.1. The van der Waals surface area contributed by atoms with E-state index in [4.69, 9.17) is 5.11 Å². The Bertz CT molecular complexity index is 151. The molecular formula is C9H18BrNO2. The molecule has 0 spiro atoms. The second-order valence-corrected chi connectivity index (χ2v) is 4.31. The summed E-state index contributed by atoms with van der Waals surface area (Å²) in [6, 6.07) is -0.0912. The third-order valence-electron chi connectivity index (χ3n) is 1.66. The molecule has 0 bridgehead atoms. The van der Waals surface area contributed by atoms with Gasteiger partial charge in [-0.1, -0.05) is 29.8 Å². The molecule has 1 amide bonds. The molecule has 0 aliphatic rings. The van der Waals surface area contributed by atoms with Gasteiger partial charge < -0.3 is 10.4 Å². The summed E-state index contributed by atoms with van der Waals surface area (Å²) in [5.74, 6) is 0.484. The summed E-state index contributed by atoms with van der Waals surface area (Å²) in [5.41, 5.74) is 0. The lowest BCUT2D eigenvalue weighted by Crippen LogP contribution is -2.38. The van der Waals surface area contributed by atoms with Crippen LogP contribution in [0.1, 0.15) is 26.7 Å². The molecule has 78 valence electrons. The van der Waals surface area contributed by atoms with E-state index >= 15 is 0 Å². The van der Waals surface area contributed by atoms with Gasteiger partial charge in [0, 0.05) is 11.8 Å². The number of alkyl halides is 1. The van der Waals surface area contributed by atoms with Gasteiger partial charge >= 0.3 is 0 Å². The minimum atomic E-state index is -0.0912. The summed E-state index contributed by atoms with van der Waals surface area (Å²) in [7, 11) is 0. The number of amides is 1. The molecule has 1 unspecified atom stereocenters. The largest absolute Gasteiger partial charge is 0.394 e. The van der Waals surface area contributed by atoms with E-state index in [0.29, 0.717) is 17.7 Å². The Morgan fingerprint density at radius 1 is 1.54 bits per heavy atom. The molecule has 13 heavy (non-hydrogen) atoms. The molecule has 2 N–H and O–H groups in total. The van der Waals surface area contributed by atoms with E-state index in [2.05, 4.69) is 35.1 Å². The van der Waals surface area contributed by atoms with E-state index in [1.165, 1.54) is 0 Å². The average molecular weight is 252 g/mol. The molecule has 0 aromatic rings. The highest BCUT2D eigenvalue weighted by molar-refractivity contribution is 9.09. The van der Waals surface area contributed by atoms with Crippen molar-refractivity contribution in [2.24, 2.45) is 5.92 Å². The van der Waals surface area contributed by atoms with Crippen LogP contribution >= 0.6 is 15.9 Å². The van der Waals surface area contributed by atoms with Gasteiger partial charge in [-0.15, -0.1) is 0 Å². The van der Waals surface area contributed by atoms with Crippen molar-refractivity contribution < 1.29 is 9.90 Å². The van der Waals surface area contributed by atoms with Gasteiger partial charge in [-0.2, -0.15) is 0 Å². The van der Waals surface area contributed by atoms with Gasteiger partial charge in [0.15, 0.2) is 0 Å². The van der Waals surface area contributed by atoms with Crippen molar-refractivity contribution in [2.45, 2.75) is 32.7 Å². The lowest BCUT2D eigenvalue weighted by Gasteiger charge is -2.17. The van der Waals surface area contributed by atoms with Crippen molar-refractivity contribution >= 4 is 21.8 Å². The van der Waals surface area contributed by atoms with Crippen LogP contribution in [0.15, 0.2) is 0 Å². The Morgan fingerprint density at radius 3 is 2.54 bits per heavy atom. The number of aliphatic hydroxyl groups is 1. The number of carbonyl (C=O) groups is 1. The minimum Gasteiger partial charge on any atom is -0.394 e. The van der Waals surface area contributed by atoms with Crippen LogP contribution in [0.2, 0.25) is 0 Å². The molecule has 0 aliphatic heterocycles. The summed E-state index contributed by atoms with van der Waals surface area (Å²) in [6.07, 6.45) is 1.29. The van der Waals surface area contributed by atoms with E-state index < -0.39 is 0 Å². The van der Waals surface area contributed by atoms with E-state index in [9.17, 15) is 4.79 Å². The smallest absolute Gasteiger partial charge is 0.221 e. The quantitative estimate of drug-likeness (QED) is 0.700. The Hall–Kier alpha value is -0.0900. The Kier molecular flexibility index (Phi) is 7.28.